The van der Waals surface area contributed by atoms with Crippen LogP contribution in [0.25, 0.3) is 0 Å². The summed E-state index contributed by atoms with van der Waals surface area (Å²) in [5, 5.41) is 11.6. The molecule has 7 nitrogen and oxygen atoms in total. The van der Waals surface area contributed by atoms with Crippen molar-refractivity contribution in [3.8, 4) is 6.07 Å². The number of nitrogens with zero attached hydrogens (tertiary/aromatic N) is 2. The van der Waals surface area contributed by atoms with E-state index < -0.39 is 23.9 Å². The van der Waals surface area contributed by atoms with E-state index in [4.69, 9.17) is 10.00 Å². The number of nitrogens with one attached hydrogen (secondary N) is 1. The van der Waals surface area contributed by atoms with E-state index in [0.717, 1.165) is 12.8 Å². The lowest BCUT2D eigenvalue weighted by Gasteiger charge is -2.39. The molecule has 1 saturated carbocycles. The number of carbonyl (C=O) groups is 3. The molecule has 2 fully saturated rings. The first-order valence-electron chi connectivity index (χ1n) is 10.6. The van der Waals surface area contributed by atoms with Crippen molar-refractivity contribution in [3.63, 3.8) is 0 Å². The van der Waals surface area contributed by atoms with Crippen molar-refractivity contribution in [2.45, 2.75) is 58.6 Å². The minimum Gasteiger partial charge on any atom is -0.452 e. The van der Waals surface area contributed by atoms with E-state index in [1.54, 1.807) is 24.3 Å². The van der Waals surface area contributed by atoms with E-state index in [1.165, 1.54) is 13.3 Å². The molecule has 2 aliphatic rings. The summed E-state index contributed by atoms with van der Waals surface area (Å²) in [6.07, 6.45) is 2.38. The van der Waals surface area contributed by atoms with Crippen molar-refractivity contribution in [3.05, 3.63) is 29.8 Å². The molecule has 7 heteroatoms. The molecule has 0 unspecified atom stereocenters. The predicted molar refractivity (Wildman–Crippen MR) is 111 cm³/mol. The van der Waals surface area contributed by atoms with Gasteiger partial charge in [0.15, 0.2) is 6.10 Å². The highest BCUT2D eigenvalue weighted by Gasteiger charge is 2.42. The van der Waals surface area contributed by atoms with Gasteiger partial charge in [-0.3, -0.25) is 14.4 Å². The van der Waals surface area contributed by atoms with Crippen LogP contribution in [0.3, 0.4) is 0 Å². The second-order valence-electron chi connectivity index (χ2n) is 8.54. The largest absolute Gasteiger partial charge is 0.452 e. The van der Waals surface area contributed by atoms with Gasteiger partial charge in [-0.2, -0.15) is 5.26 Å². The maximum absolute atomic E-state index is 12.6. The summed E-state index contributed by atoms with van der Waals surface area (Å²) < 4.78 is 5.36. The van der Waals surface area contributed by atoms with Crippen LogP contribution < -0.4 is 5.32 Å². The number of ether oxygens (including phenoxy) is 1. The van der Waals surface area contributed by atoms with Crippen LogP contribution in [0.15, 0.2) is 24.3 Å². The molecule has 1 saturated heterocycles. The molecular weight excluding hydrogens is 382 g/mol. The van der Waals surface area contributed by atoms with Crippen molar-refractivity contribution in [1.82, 2.24) is 4.90 Å². The standard InChI is InChI=1S/C23H29N3O4/c1-14-6-4-9-20(15(14)2)26-13-18(11-21(26)27)23(29)30-16(3)22(28)25-19-8-5-7-17(10-19)12-24/h5,7-8,10,14-16,18,20H,4,6,9,11,13H2,1-3H3,(H,25,28)/t14-,15+,16-,18+,20+/m0/s1. The third-order valence-electron chi connectivity index (χ3n) is 6.48. The Kier molecular flexibility index (Phi) is 6.76. The fourth-order valence-electron chi connectivity index (χ4n) is 4.44. The summed E-state index contributed by atoms with van der Waals surface area (Å²) in [6.45, 7) is 6.26. The highest BCUT2D eigenvalue weighted by molar-refractivity contribution is 5.96. The van der Waals surface area contributed by atoms with Crippen molar-refractivity contribution in [1.29, 1.82) is 5.26 Å². The molecule has 5 atom stereocenters. The van der Waals surface area contributed by atoms with Gasteiger partial charge in [-0.1, -0.05) is 32.8 Å². The van der Waals surface area contributed by atoms with Crippen LogP contribution in [-0.4, -0.2) is 41.4 Å². The number of rotatable bonds is 5. The van der Waals surface area contributed by atoms with Crippen LogP contribution in [0.5, 0.6) is 0 Å². The third kappa shape index (κ3) is 4.81. The minimum atomic E-state index is -0.999. The Morgan fingerprint density at radius 1 is 1.30 bits per heavy atom. The van der Waals surface area contributed by atoms with Gasteiger partial charge >= 0.3 is 5.97 Å². The number of carbonyl (C=O) groups excluding carboxylic acids is 3. The van der Waals surface area contributed by atoms with E-state index in [9.17, 15) is 14.4 Å². The van der Waals surface area contributed by atoms with E-state index >= 15 is 0 Å². The first-order chi connectivity index (χ1) is 14.3. The predicted octanol–water partition coefficient (Wildman–Crippen LogP) is 3.10. The minimum absolute atomic E-state index is 0.00618. The first-order valence-corrected chi connectivity index (χ1v) is 10.6. The summed E-state index contributed by atoms with van der Waals surface area (Å²) in [5.41, 5.74) is 0.887. The van der Waals surface area contributed by atoms with Gasteiger partial charge in [-0.25, -0.2) is 0 Å². The molecule has 0 spiro atoms. The lowest BCUT2D eigenvalue weighted by molar-refractivity contribution is -0.157. The van der Waals surface area contributed by atoms with Crippen molar-refractivity contribution < 1.29 is 19.1 Å². The Morgan fingerprint density at radius 3 is 2.80 bits per heavy atom. The molecule has 0 bridgehead atoms. The van der Waals surface area contributed by atoms with Crippen LogP contribution in [-0.2, 0) is 19.1 Å². The summed E-state index contributed by atoms with van der Waals surface area (Å²) in [5.74, 6) is -0.574. The lowest BCUT2D eigenvalue weighted by Crippen LogP contribution is -2.45. The van der Waals surface area contributed by atoms with E-state index in [0.29, 0.717) is 29.6 Å². The van der Waals surface area contributed by atoms with E-state index in [-0.39, 0.29) is 18.4 Å². The fourth-order valence-corrected chi connectivity index (χ4v) is 4.44. The van der Waals surface area contributed by atoms with Gasteiger partial charge in [0.25, 0.3) is 5.91 Å². The average molecular weight is 412 g/mol. The highest BCUT2D eigenvalue weighted by atomic mass is 16.5. The normalized spacial score (nSPS) is 27.3. The molecule has 0 aromatic heterocycles. The number of amides is 2. The van der Waals surface area contributed by atoms with Gasteiger partial charge in [0.05, 0.1) is 17.6 Å². The van der Waals surface area contributed by atoms with E-state index in [2.05, 4.69) is 19.2 Å². The highest BCUT2D eigenvalue weighted by Crippen LogP contribution is 2.36. The quantitative estimate of drug-likeness (QED) is 0.751. The second-order valence-corrected chi connectivity index (χ2v) is 8.54. The SMILES string of the molecule is C[C@H]1[C@H](N2C[C@H](C(=O)O[C@@H](C)C(=O)Nc3cccc(C#N)c3)CC2=O)CCC[C@@H]1C. The number of esters is 1. The molecule has 1 aliphatic heterocycles. The second kappa shape index (κ2) is 9.29. The molecule has 1 N–H and O–H groups in total. The van der Waals surface area contributed by atoms with Gasteiger partial charge in [-0.15, -0.1) is 0 Å². The maximum Gasteiger partial charge on any atom is 0.312 e. The zero-order valence-electron chi connectivity index (χ0n) is 17.8. The summed E-state index contributed by atoms with van der Waals surface area (Å²) >= 11 is 0. The van der Waals surface area contributed by atoms with Crippen LogP contribution in [0.4, 0.5) is 5.69 Å². The molecule has 0 radical (unpaired) electrons. The molecule has 1 aliphatic carbocycles. The fraction of sp³-hybridized carbons (Fsp3) is 0.565. The maximum atomic E-state index is 12.6. The smallest absolute Gasteiger partial charge is 0.312 e. The Balaban J connectivity index is 1.55. The third-order valence-corrected chi connectivity index (χ3v) is 6.48. The van der Waals surface area contributed by atoms with Gasteiger partial charge in [-0.05, 0) is 43.4 Å². The van der Waals surface area contributed by atoms with Crippen LogP contribution >= 0.6 is 0 Å². The Hall–Kier alpha value is -2.88. The van der Waals surface area contributed by atoms with Crippen LogP contribution in [0.1, 0.15) is 52.0 Å². The number of hydrogen-bond acceptors (Lipinski definition) is 5. The Morgan fingerprint density at radius 2 is 2.07 bits per heavy atom. The summed E-state index contributed by atoms with van der Waals surface area (Å²) in [6, 6.07) is 8.69. The molecule has 1 aromatic carbocycles. The topological polar surface area (TPSA) is 99.5 Å². The van der Waals surface area contributed by atoms with Crippen LogP contribution in [0.2, 0.25) is 0 Å². The number of likely N-dealkylation sites (tertiary alicyclic amines) is 1. The van der Waals surface area contributed by atoms with Gasteiger partial charge in [0.2, 0.25) is 5.91 Å². The molecule has 1 heterocycles. The number of nitriles is 1. The Bertz CT molecular complexity index is 862. The molecular formula is C23H29N3O4. The summed E-state index contributed by atoms with van der Waals surface area (Å²) in [4.78, 5) is 39.4. The van der Waals surface area contributed by atoms with Gasteiger partial charge in [0.1, 0.15) is 0 Å². The number of anilines is 1. The average Bonchev–Trinajstić information content (AvgIpc) is 3.11. The number of hydrogen-bond donors (Lipinski definition) is 1. The number of benzene rings is 1. The molecule has 1 aromatic rings. The molecule has 2 amide bonds. The Labute approximate surface area is 177 Å². The monoisotopic (exact) mass is 411 g/mol. The van der Waals surface area contributed by atoms with Crippen LogP contribution in [0, 0.1) is 29.1 Å². The molecule has 30 heavy (non-hydrogen) atoms. The van der Waals surface area contributed by atoms with Crippen molar-refractivity contribution in [2.75, 3.05) is 11.9 Å². The summed E-state index contributed by atoms with van der Waals surface area (Å²) in [7, 11) is 0. The molecule has 3 rings (SSSR count). The van der Waals surface area contributed by atoms with Crippen molar-refractivity contribution in [2.24, 2.45) is 17.8 Å². The zero-order valence-corrected chi connectivity index (χ0v) is 17.8. The van der Waals surface area contributed by atoms with E-state index in [1.807, 2.05) is 11.0 Å². The van der Waals surface area contributed by atoms with Gasteiger partial charge < -0.3 is 15.0 Å². The molecule has 160 valence electrons. The zero-order chi connectivity index (χ0) is 21.8. The van der Waals surface area contributed by atoms with Crippen molar-refractivity contribution >= 4 is 23.5 Å². The van der Waals surface area contributed by atoms with Gasteiger partial charge in [0, 0.05) is 24.7 Å². The lowest BCUT2D eigenvalue weighted by atomic mass is 9.77. The first kappa shape index (κ1) is 21.8.